The van der Waals surface area contributed by atoms with E-state index in [0.717, 1.165) is 11.4 Å². The van der Waals surface area contributed by atoms with Crippen LogP contribution in [0, 0.1) is 0 Å². The fraction of sp³-hybridized carbons (Fsp3) is 0.389. The van der Waals surface area contributed by atoms with Crippen molar-refractivity contribution in [3.63, 3.8) is 0 Å². The molecular formula is C18H22ClN5O2. The van der Waals surface area contributed by atoms with Crippen LogP contribution in [0.2, 0.25) is 5.02 Å². The minimum Gasteiger partial charge on any atom is -0.450 e. The predicted octanol–water partition coefficient (Wildman–Crippen LogP) is 3.02. The van der Waals surface area contributed by atoms with Gasteiger partial charge in [0.15, 0.2) is 0 Å². The van der Waals surface area contributed by atoms with Crippen LogP contribution in [0.15, 0.2) is 36.5 Å². The van der Waals surface area contributed by atoms with E-state index in [1.165, 1.54) is 0 Å². The number of piperazine rings is 1. The summed E-state index contributed by atoms with van der Waals surface area (Å²) in [5.74, 6) is 1.42. The van der Waals surface area contributed by atoms with Gasteiger partial charge in [-0.25, -0.2) is 9.78 Å². The van der Waals surface area contributed by atoms with Crippen LogP contribution in [0.4, 0.5) is 16.6 Å². The number of benzene rings is 1. The summed E-state index contributed by atoms with van der Waals surface area (Å²) in [6.45, 7) is 5.50. The van der Waals surface area contributed by atoms with Crippen LogP contribution in [-0.2, 0) is 11.3 Å². The molecule has 0 bridgehead atoms. The van der Waals surface area contributed by atoms with E-state index in [9.17, 15) is 4.79 Å². The van der Waals surface area contributed by atoms with Crippen LogP contribution in [0.25, 0.3) is 0 Å². The Labute approximate surface area is 157 Å². The van der Waals surface area contributed by atoms with E-state index < -0.39 is 0 Å². The molecule has 3 rings (SSSR count). The molecule has 1 aliphatic heterocycles. The number of hydrogen-bond donors (Lipinski definition) is 1. The molecule has 2 aromatic rings. The molecule has 0 atom stereocenters. The average molecular weight is 376 g/mol. The molecule has 0 radical (unpaired) electrons. The number of nitrogens with zero attached hydrogens (tertiary/aromatic N) is 4. The van der Waals surface area contributed by atoms with Gasteiger partial charge in [0.25, 0.3) is 0 Å². The summed E-state index contributed by atoms with van der Waals surface area (Å²) in [4.78, 5) is 24.5. The van der Waals surface area contributed by atoms with Crippen molar-refractivity contribution in [3.8, 4) is 0 Å². The van der Waals surface area contributed by atoms with Crippen molar-refractivity contribution in [1.29, 1.82) is 0 Å². The van der Waals surface area contributed by atoms with E-state index in [-0.39, 0.29) is 6.09 Å². The van der Waals surface area contributed by atoms with Crippen LogP contribution in [-0.4, -0.2) is 53.7 Å². The Morgan fingerprint density at radius 1 is 1.19 bits per heavy atom. The number of hydrogen-bond acceptors (Lipinski definition) is 6. The smallest absolute Gasteiger partial charge is 0.409 e. The van der Waals surface area contributed by atoms with Gasteiger partial charge in [-0.15, -0.1) is 0 Å². The van der Waals surface area contributed by atoms with Crippen LogP contribution in [0.5, 0.6) is 0 Å². The van der Waals surface area contributed by atoms with Gasteiger partial charge in [-0.05, 0) is 30.7 Å². The molecule has 0 aliphatic carbocycles. The highest BCUT2D eigenvalue weighted by Crippen LogP contribution is 2.16. The number of rotatable bonds is 5. The Morgan fingerprint density at radius 2 is 1.92 bits per heavy atom. The number of carbonyl (C=O) groups excluding carboxylic acids is 1. The van der Waals surface area contributed by atoms with Crippen molar-refractivity contribution in [2.45, 2.75) is 13.5 Å². The lowest BCUT2D eigenvalue weighted by atomic mass is 10.2. The molecule has 1 saturated heterocycles. The average Bonchev–Trinajstić information content (AvgIpc) is 2.68. The van der Waals surface area contributed by atoms with Crippen molar-refractivity contribution in [3.05, 3.63) is 47.1 Å². The fourth-order valence-electron chi connectivity index (χ4n) is 2.73. The third kappa shape index (κ3) is 4.76. The molecule has 1 amide bonds. The Morgan fingerprint density at radius 3 is 2.62 bits per heavy atom. The molecule has 1 N–H and O–H groups in total. The summed E-state index contributed by atoms with van der Waals surface area (Å²) >= 11 is 5.90. The quantitative estimate of drug-likeness (QED) is 0.866. The largest absolute Gasteiger partial charge is 0.450 e. The minimum absolute atomic E-state index is 0.250. The first kappa shape index (κ1) is 18.3. The number of nitrogens with one attached hydrogen (secondary N) is 1. The molecule has 1 aromatic heterocycles. The lowest BCUT2D eigenvalue weighted by molar-refractivity contribution is 0.105. The maximum atomic E-state index is 11.8. The molecule has 138 valence electrons. The van der Waals surface area contributed by atoms with Gasteiger partial charge in [-0.1, -0.05) is 23.7 Å². The van der Waals surface area contributed by atoms with E-state index in [2.05, 4.69) is 20.2 Å². The molecule has 1 aromatic carbocycles. The van der Waals surface area contributed by atoms with E-state index in [0.29, 0.717) is 50.3 Å². The normalized spacial score (nSPS) is 14.2. The van der Waals surface area contributed by atoms with E-state index in [1.54, 1.807) is 11.1 Å². The maximum Gasteiger partial charge on any atom is 0.409 e. The topological polar surface area (TPSA) is 70.6 Å². The summed E-state index contributed by atoms with van der Waals surface area (Å²) in [5, 5.41) is 3.94. The Kier molecular flexibility index (Phi) is 6.12. The molecule has 1 fully saturated rings. The van der Waals surface area contributed by atoms with Gasteiger partial charge < -0.3 is 19.9 Å². The second kappa shape index (κ2) is 8.71. The molecule has 7 nitrogen and oxygen atoms in total. The van der Waals surface area contributed by atoms with E-state index in [1.807, 2.05) is 37.3 Å². The van der Waals surface area contributed by atoms with Gasteiger partial charge in [-0.2, -0.15) is 4.98 Å². The molecule has 0 unspecified atom stereocenters. The summed E-state index contributed by atoms with van der Waals surface area (Å²) < 4.78 is 5.05. The second-order valence-electron chi connectivity index (χ2n) is 5.89. The lowest BCUT2D eigenvalue weighted by Gasteiger charge is -2.34. The lowest BCUT2D eigenvalue weighted by Crippen LogP contribution is -2.49. The minimum atomic E-state index is -0.250. The van der Waals surface area contributed by atoms with Gasteiger partial charge in [0.05, 0.1) is 6.61 Å². The molecule has 1 aliphatic rings. The summed E-state index contributed by atoms with van der Waals surface area (Å²) in [6.07, 6.45) is 1.49. The summed E-state index contributed by atoms with van der Waals surface area (Å²) in [5.41, 5.74) is 1.10. The Hall–Kier alpha value is -2.54. The van der Waals surface area contributed by atoms with Crippen LogP contribution >= 0.6 is 11.6 Å². The van der Waals surface area contributed by atoms with Crippen LogP contribution in [0.3, 0.4) is 0 Å². The zero-order valence-electron chi connectivity index (χ0n) is 14.7. The number of ether oxygens (including phenoxy) is 1. The summed E-state index contributed by atoms with van der Waals surface area (Å²) in [7, 11) is 0. The third-order valence-corrected chi connectivity index (χ3v) is 4.39. The van der Waals surface area contributed by atoms with Crippen molar-refractivity contribution < 1.29 is 9.53 Å². The second-order valence-corrected chi connectivity index (χ2v) is 6.33. The zero-order valence-corrected chi connectivity index (χ0v) is 15.4. The standard InChI is InChI=1S/C18H22ClN5O2/c1-2-26-18(25)24-11-9-23(10-12-24)16-7-8-20-17(22-16)21-13-14-3-5-15(19)6-4-14/h3-8H,2,9-13H2,1H3,(H,20,21,22). The first-order chi connectivity index (χ1) is 12.7. The molecule has 26 heavy (non-hydrogen) atoms. The first-order valence-corrected chi connectivity index (χ1v) is 9.01. The van der Waals surface area contributed by atoms with Crippen molar-refractivity contribution in [2.75, 3.05) is 43.0 Å². The SMILES string of the molecule is CCOC(=O)N1CCN(c2ccnc(NCc3ccc(Cl)cc3)n2)CC1. The van der Waals surface area contributed by atoms with Gasteiger partial charge in [0.1, 0.15) is 5.82 Å². The highest BCUT2D eigenvalue weighted by atomic mass is 35.5. The van der Waals surface area contributed by atoms with Gasteiger partial charge in [-0.3, -0.25) is 0 Å². The van der Waals surface area contributed by atoms with Crippen molar-refractivity contribution >= 4 is 29.5 Å². The van der Waals surface area contributed by atoms with E-state index in [4.69, 9.17) is 16.3 Å². The van der Waals surface area contributed by atoms with Gasteiger partial charge in [0.2, 0.25) is 5.95 Å². The number of amides is 1. The van der Waals surface area contributed by atoms with Crippen LogP contribution < -0.4 is 10.2 Å². The maximum absolute atomic E-state index is 11.8. The zero-order chi connectivity index (χ0) is 18.4. The molecule has 0 saturated carbocycles. The fourth-order valence-corrected chi connectivity index (χ4v) is 2.85. The highest BCUT2D eigenvalue weighted by molar-refractivity contribution is 6.30. The number of halogens is 1. The Balaban J connectivity index is 1.56. The number of carbonyl (C=O) groups is 1. The first-order valence-electron chi connectivity index (χ1n) is 8.63. The third-order valence-electron chi connectivity index (χ3n) is 4.13. The number of anilines is 2. The molecule has 8 heteroatoms. The monoisotopic (exact) mass is 375 g/mol. The Bertz CT molecular complexity index is 733. The highest BCUT2D eigenvalue weighted by Gasteiger charge is 2.22. The van der Waals surface area contributed by atoms with Crippen LogP contribution in [0.1, 0.15) is 12.5 Å². The number of aromatic nitrogens is 2. The van der Waals surface area contributed by atoms with Crippen molar-refractivity contribution in [2.24, 2.45) is 0 Å². The van der Waals surface area contributed by atoms with Gasteiger partial charge >= 0.3 is 6.09 Å². The molecular weight excluding hydrogens is 354 g/mol. The van der Waals surface area contributed by atoms with Gasteiger partial charge in [0, 0.05) is 43.9 Å². The molecule has 2 heterocycles. The van der Waals surface area contributed by atoms with E-state index >= 15 is 0 Å². The molecule has 0 spiro atoms. The predicted molar refractivity (Wildman–Crippen MR) is 102 cm³/mol. The van der Waals surface area contributed by atoms with Crippen molar-refractivity contribution in [1.82, 2.24) is 14.9 Å². The summed E-state index contributed by atoms with van der Waals surface area (Å²) in [6, 6.07) is 9.53.